The summed E-state index contributed by atoms with van der Waals surface area (Å²) in [5.41, 5.74) is 0.924. The lowest BCUT2D eigenvalue weighted by molar-refractivity contribution is 0.0944. The second-order valence-corrected chi connectivity index (χ2v) is 6.94. The number of amides is 1. The molecular formula is C16H26N4O. The highest BCUT2D eigenvalue weighted by atomic mass is 16.1. The molecule has 0 radical (unpaired) electrons. The summed E-state index contributed by atoms with van der Waals surface area (Å²) in [6.07, 6.45) is 1.02. The van der Waals surface area contributed by atoms with Crippen molar-refractivity contribution < 1.29 is 4.79 Å². The molecule has 1 aliphatic carbocycles. The van der Waals surface area contributed by atoms with Gasteiger partial charge in [-0.15, -0.1) is 10.2 Å². The molecule has 0 aromatic carbocycles. The third-order valence-electron chi connectivity index (χ3n) is 5.24. The molecule has 1 heterocycles. The number of rotatable bonds is 6. The van der Waals surface area contributed by atoms with Crippen molar-refractivity contribution in [1.29, 1.82) is 0 Å². The fourth-order valence-electron chi connectivity index (χ4n) is 2.93. The molecule has 2 N–H and O–H groups in total. The van der Waals surface area contributed by atoms with E-state index in [-0.39, 0.29) is 16.7 Å². The van der Waals surface area contributed by atoms with Crippen molar-refractivity contribution in [1.82, 2.24) is 15.5 Å². The van der Waals surface area contributed by atoms with Crippen LogP contribution in [0.25, 0.3) is 0 Å². The third kappa shape index (κ3) is 3.01. The first-order chi connectivity index (χ1) is 9.80. The van der Waals surface area contributed by atoms with Crippen molar-refractivity contribution in [3.8, 4) is 0 Å². The van der Waals surface area contributed by atoms with E-state index in [0.717, 1.165) is 13.0 Å². The molecule has 1 fully saturated rings. The van der Waals surface area contributed by atoms with Gasteiger partial charge < -0.3 is 10.6 Å². The standard InChI is InChI=1S/C16H26N4O/c1-6-9-17-13-8-7-11(19-20-13)14(21)18-10-12-15(2,3)16(12,4)5/h7-8,12H,6,9-10H2,1-5H3,(H,17,20)(H,18,21). The van der Waals surface area contributed by atoms with Crippen LogP contribution in [0.3, 0.4) is 0 Å². The summed E-state index contributed by atoms with van der Waals surface area (Å²) in [7, 11) is 0. The number of nitrogens with zero attached hydrogens (tertiary/aromatic N) is 2. The lowest BCUT2D eigenvalue weighted by Crippen LogP contribution is -2.28. The van der Waals surface area contributed by atoms with E-state index in [2.05, 4.69) is 55.4 Å². The first kappa shape index (κ1) is 15.7. The maximum absolute atomic E-state index is 12.1. The number of aromatic nitrogens is 2. The van der Waals surface area contributed by atoms with Crippen molar-refractivity contribution in [2.45, 2.75) is 41.0 Å². The van der Waals surface area contributed by atoms with Gasteiger partial charge in [0.05, 0.1) is 0 Å². The summed E-state index contributed by atoms with van der Waals surface area (Å²) in [5.74, 6) is 1.06. The zero-order chi connectivity index (χ0) is 15.7. The van der Waals surface area contributed by atoms with E-state index in [1.54, 1.807) is 12.1 Å². The van der Waals surface area contributed by atoms with Crippen molar-refractivity contribution in [2.24, 2.45) is 16.7 Å². The van der Waals surface area contributed by atoms with Crippen molar-refractivity contribution >= 4 is 11.7 Å². The molecule has 5 nitrogen and oxygen atoms in total. The van der Waals surface area contributed by atoms with Crippen LogP contribution in [-0.4, -0.2) is 29.2 Å². The monoisotopic (exact) mass is 290 g/mol. The predicted molar refractivity (Wildman–Crippen MR) is 84.2 cm³/mol. The van der Waals surface area contributed by atoms with Crippen molar-refractivity contribution in [2.75, 3.05) is 18.4 Å². The van der Waals surface area contributed by atoms with Crippen LogP contribution < -0.4 is 10.6 Å². The zero-order valence-electron chi connectivity index (χ0n) is 13.7. The highest BCUT2D eigenvalue weighted by Gasteiger charge is 2.64. The summed E-state index contributed by atoms with van der Waals surface area (Å²) >= 11 is 0. The van der Waals surface area contributed by atoms with Crippen LogP contribution >= 0.6 is 0 Å². The Morgan fingerprint density at radius 3 is 2.33 bits per heavy atom. The van der Waals surface area contributed by atoms with Gasteiger partial charge in [0.1, 0.15) is 5.82 Å². The fourth-order valence-corrected chi connectivity index (χ4v) is 2.93. The average Bonchev–Trinajstić information content (AvgIpc) is 2.84. The highest BCUT2D eigenvalue weighted by molar-refractivity contribution is 5.92. The van der Waals surface area contributed by atoms with Crippen LogP contribution in [-0.2, 0) is 0 Å². The molecule has 21 heavy (non-hydrogen) atoms. The van der Waals surface area contributed by atoms with Crippen LogP contribution in [0.2, 0.25) is 0 Å². The van der Waals surface area contributed by atoms with Crippen molar-refractivity contribution in [3.05, 3.63) is 17.8 Å². The minimum Gasteiger partial charge on any atom is -0.369 e. The lowest BCUT2D eigenvalue weighted by Gasteiger charge is -2.06. The molecular weight excluding hydrogens is 264 g/mol. The number of nitrogens with one attached hydrogen (secondary N) is 2. The zero-order valence-corrected chi connectivity index (χ0v) is 13.7. The van der Waals surface area contributed by atoms with Crippen LogP contribution in [0, 0.1) is 16.7 Å². The Morgan fingerprint density at radius 1 is 1.19 bits per heavy atom. The normalized spacial score (nSPS) is 19.1. The van der Waals surface area contributed by atoms with E-state index in [4.69, 9.17) is 0 Å². The van der Waals surface area contributed by atoms with E-state index >= 15 is 0 Å². The summed E-state index contributed by atoms with van der Waals surface area (Å²) in [4.78, 5) is 12.1. The van der Waals surface area contributed by atoms with Gasteiger partial charge in [-0.1, -0.05) is 34.6 Å². The van der Waals surface area contributed by atoms with Crippen LogP contribution in [0.15, 0.2) is 12.1 Å². The molecule has 5 heteroatoms. The molecule has 0 spiro atoms. The second kappa shape index (κ2) is 5.62. The Labute approximate surface area is 126 Å². The summed E-state index contributed by atoms with van der Waals surface area (Å²) in [6, 6.07) is 3.51. The first-order valence-corrected chi connectivity index (χ1v) is 7.66. The number of carbonyl (C=O) groups is 1. The van der Waals surface area contributed by atoms with Gasteiger partial charge in [-0.2, -0.15) is 0 Å². The molecule has 0 saturated heterocycles. The molecule has 2 rings (SSSR count). The van der Waals surface area contributed by atoms with Crippen molar-refractivity contribution in [3.63, 3.8) is 0 Å². The SMILES string of the molecule is CCCNc1ccc(C(=O)NCC2C(C)(C)C2(C)C)nn1. The van der Waals surface area contributed by atoms with Crippen LogP contribution in [0.5, 0.6) is 0 Å². The summed E-state index contributed by atoms with van der Waals surface area (Å²) < 4.78 is 0. The third-order valence-corrected chi connectivity index (χ3v) is 5.24. The summed E-state index contributed by atoms with van der Waals surface area (Å²) in [6.45, 7) is 12.6. The molecule has 1 saturated carbocycles. The summed E-state index contributed by atoms with van der Waals surface area (Å²) in [5, 5.41) is 14.1. The van der Waals surface area contributed by atoms with E-state index in [1.807, 2.05) is 0 Å². The number of hydrogen-bond donors (Lipinski definition) is 2. The Balaban J connectivity index is 1.87. The number of carbonyl (C=O) groups excluding carboxylic acids is 1. The van der Waals surface area contributed by atoms with Gasteiger partial charge in [-0.25, -0.2) is 0 Å². The fraction of sp³-hybridized carbons (Fsp3) is 0.688. The number of hydrogen-bond acceptors (Lipinski definition) is 4. The molecule has 0 unspecified atom stereocenters. The first-order valence-electron chi connectivity index (χ1n) is 7.66. The minimum absolute atomic E-state index is 0.150. The van der Waals surface area contributed by atoms with Gasteiger partial charge >= 0.3 is 0 Å². The molecule has 1 aromatic heterocycles. The van der Waals surface area contributed by atoms with E-state index < -0.39 is 0 Å². The highest BCUT2D eigenvalue weighted by Crippen LogP contribution is 2.67. The average molecular weight is 290 g/mol. The molecule has 1 aromatic rings. The van der Waals surface area contributed by atoms with Gasteiger partial charge in [0.15, 0.2) is 5.69 Å². The van der Waals surface area contributed by atoms with E-state index in [1.165, 1.54) is 0 Å². The maximum atomic E-state index is 12.1. The maximum Gasteiger partial charge on any atom is 0.271 e. The van der Waals surface area contributed by atoms with Gasteiger partial charge in [-0.05, 0) is 35.3 Å². The molecule has 0 atom stereocenters. The largest absolute Gasteiger partial charge is 0.369 e. The Morgan fingerprint density at radius 2 is 1.86 bits per heavy atom. The minimum atomic E-state index is -0.150. The van der Waals surface area contributed by atoms with Crippen LogP contribution in [0.4, 0.5) is 5.82 Å². The van der Waals surface area contributed by atoms with Gasteiger partial charge in [0, 0.05) is 13.1 Å². The molecule has 0 bridgehead atoms. The predicted octanol–water partition coefficient (Wildman–Crippen LogP) is 2.71. The van der Waals surface area contributed by atoms with Crippen LogP contribution in [0.1, 0.15) is 51.5 Å². The molecule has 0 aliphatic heterocycles. The van der Waals surface area contributed by atoms with Gasteiger partial charge in [0.2, 0.25) is 0 Å². The number of anilines is 1. The lowest BCUT2D eigenvalue weighted by atomic mass is 10.0. The Bertz CT molecular complexity index is 494. The second-order valence-electron chi connectivity index (χ2n) is 6.94. The quantitative estimate of drug-likeness (QED) is 0.845. The Hall–Kier alpha value is -1.65. The van der Waals surface area contributed by atoms with E-state index in [9.17, 15) is 4.79 Å². The topological polar surface area (TPSA) is 66.9 Å². The smallest absolute Gasteiger partial charge is 0.271 e. The van der Waals surface area contributed by atoms with Gasteiger partial charge in [0.25, 0.3) is 5.91 Å². The molecule has 1 amide bonds. The van der Waals surface area contributed by atoms with E-state index in [0.29, 0.717) is 24.0 Å². The molecule has 1 aliphatic rings. The molecule has 116 valence electrons. The van der Waals surface area contributed by atoms with Gasteiger partial charge in [-0.3, -0.25) is 4.79 Å². The Kier molecular flexibility index (Phi) is 4.21.